The predicted molar refractivity (Wildman–Crippen MR) is 53.0 cm³/mol. The van der Waals surface area contributed by atoms with Crippen molar-refractivity contribution in [3.05, 3.63) is 29.3 Å². The van der Waals surface area contributed by atoms with Gasteiger partial charge in [-0.1, -0.05) is 6.07 Å². The Balaban J connectivity index is 0.000000336. The third-order valence-corrected chi connectivity index (χ3v) is 2.12. The number of nitrogen functional groups attached to an aromatic ring is 1. The van der Waals surface area contributed by atoms with Crippen molar-refractivity contribution in [2.75, 3.05) is 12.8 Å². The van der Waals surface area contributed by atoms with Gasteiger partial charge in [0.25, 0.3) is 0 Å². The van der Waals surface area contributed by atoms with Crippen molar-refractivity contribution in [2.45, 2.75) is 19.3 Å². The van der Waals surface area contributed by atoms with E-state index in [1.54, 1.807) is 0 Å². The molecule has 0 radical (unpaired) electrons. The molecule has 1 aromatic rings. The van der Waals surface area contributed by atoms with Crippen LogP contribution in [0.15, 0.2) is 18.2 Å². The monoisotopic (exact) mass is 164 g/mol. The minimum Gasteiger partial charge on any atom is -0.399 e. The van der Waals surface area contributed by atoms with Gasteiger partial charge < -0.3 is 11.5 Å². The molecular weight excluding hydrogens is 148 g/mol. The van der Waals surface area contributed by atoms with Gasteiger partial charge in [0.1, 0.15) is 0 Å². The number of fused-ring (bicyclic) bond motifs is 1. The van der Waals surface area contributed by atoms with Crippen LogP contribution in [0.1, 0.15) is 17.5 Å². The Morgan fingerprint density at radius 1 is 1.08 bits per heavy atom. The van der Waals surface area contributed by atoms with Crippen molar-refractivity contribution in [3.63, 3.8) is 0 Å². The van der Waals surface area contributed by atoms with Crippen LogP contribution in [0.2, 0.25) is 0 Å². The van der Waals surface area contributed by atoms with Crippen LogP contribution in [0.5, 0.6) is 0 Å². The number of benzene rings is 1. The molecule has 1 aromatic carbocycles. The van der Waals surface area contributed by atoms with E-state index in [1.165, 1.54) is 37.4 Å². The van der Waals surface area contributed by atoms with E-state index in [-0.39, 0.29) is 0 Å². The van der Waals surface area contributed by atoms with E-state index >= 15 is 0 Å². The minimum atomic E-state index is 0.903. The number of hydrogen-bond acceptors (Lipinski definition) is 2. The van der Waals surface area contributed by atoms with Crippen LogP contribution in [-0.4, -0.2) is 7.05 Å². The molecule has 0 fully saturated rings. The number of aryl methyl sites for hydroxylation is 2. The molecule has 1 aliphatic carbocycles. The molecule has 2 nitrogen and oxygen atoms in total. The summed E-state index contributed by atoms with van der Waals surface area (Å²) in [7, 11) is 1.50. The zero-order chi connectivity index (χ0) is 8.97. The molecule has 0 unspecified atom stereocenters. The summed E-state index contributed by atoms with van der Waals surface area (Å²) in [5.74, 6) is 0. The number of anilines is 1. The van der Waals surface area contributed by atoms with Crippen molar-refractivity contribution in [1.29, 1.82) is 0 Å². The summed E-state index contributed by atoms with van der Waals surface area (Å²) in [6.07, 6.45) is 3.77. The normalized spacial score (nSPS) is 13.2. The zero-order valence-electron chi connectivity index (χ0n) is 7.51. The van der Waals surface area contributed by atoms with Crippen LogP contribution in [0.25, 0.3) is 0 Å². The van der Waals surface area contributed by atoms with Crippen molar-refractivity contribution in [2.24, 2.45) is 5.73 Å². The average Bonchev–Trinajstić information content (AvgIpc) is 2.54. The molecule has 0 atom stereocenters. The Kier molecular flexibility index (Phi) is 3.11. The first kappa shape index (κ1) is 9.07. The topological polar surface area (TPSA) is 52.0 Å². The van der Waals surface area contributed by atoms with E-state index < -0.39 is 0 Å². The molecule has 0 amide bonds. The molecule has 12 heavy (non-hydrogen) atoms. The molecule has 0 bridgehead atoms. The van der Waals surface area contributed by atoms with Crippen LogP contribution in [-0.2, 0) is 12.8 Å². The van der Waals surface area contributed by atoms with Crippen molar-refractivity contribution >= 4 is 5.69 Å². The quantitative estimate of drug-likeness (QED) is 0.568. The number of rotatable bonds is 0. The van der Waals surface area contributed by atoms with Gasteiger partial charge in [-0.05, 0) is 49.6 Å². The van der Waals surface area contributed by atoms with Gasteiger partial charge in [-0.15, -0.1) is 0 Å². The molecule has 0 saturated carbocycles. The molecule has 2 rings (SSSR count). The minimum absolute atomic E-state index is 0.903. The summed E-state index contributed by atoms with van der Waals surface area (Å²) in [5, 5.41) is 0. The molecule has 66 valence electrons. The Labute approximate surface area is 73.6 Å². The van der Waals surface area contributed by atoms with Gasteiger partial charge in [-0.3, -0.25) is 0 Å². The van der Waals surface area contributed by atoms with Crippen LogP contribution in [0.3, 0.4) is 0 Å². The van der Waals surface area contributed by atoms with Gasteiger partial charge in [-0.25, -0.2) is 0 Å². The molecule has 0 saturated heterocycles. The third kappa shape index (κ3) is 1.77. The smallest absolute Gasteiger partial charge is 0.0316 e. The summed E-state index contributed by atoms with van der Waals surface area (Å²) in [5.41, 5.74) is 14.0. The fraction of sp³-hybridized carbons (Fsp3) is 0.400. The predicted octanol–water partition coefficient (Wildman–Crippen LogP) is 1.33. The van der Waals surface area contributed by atoms with E-state index in [0.29, 0.717) is 0 Å². The fourth-order valence-corrected chi connectivity index (χ4v) is 1.59. The molecule has 4 N–H and O–H groups in total. The van der Waals surface area contributed by atoms with Gasteiger partial charge in [0.05, 0.1) is 0 Å². The first-order valence-electron chi connectivity index (χ1n) is 4.31. The SMILES string of the molecule is CN.Nc1ccc2c(c1)CCC2. The van der Waals surface area contributed by atoms with Crippen molar-refractivity contribution < 1.29 is 0 Å². The maximum atomic E-state index is 5.63. The third-order valence-electron chi connectivity index (χ3n) is 2.12. The van der Waals surface area contributed by atoms with Crippen LogP contribution < -0.4 is 11.5 Å². The second-order valence-corrected chi connectivity index (χ2v) is 2.88. The Morgan fingerprint density at radius 2 is 1.75 bits per heavy atom. The zero-order valence-corrected chi connectivity index (χ0v) is 7.51. The number of hydrogen-bond donors (Lipinski definition) is 2. The van der Waals surface area contributed by atoms with Crippen LogP contribution >= 0.6 is 0 Å². The van der Waals surface area contributed by atoms with Gasteiger partial charge >= 0.3 is 0 Å². The second-order valence-electron chi connectivity index (χ2n) is 2.88. The summed E-state index contributed by atoms with van der Waals surface area (Å²) < 4.78 is 0. The van der Waals surface area contributed by atoms with Crippen molar-refractivity contribution in [3.8, 4) is 0 Å². The lowest BCUT2D eigenvalue weighted by atomic mass is 10.1. The Morgan fingerprint density at radius 3 is 2.50 bits per heavy atom. The van der Waals surface area contributed by atoms with Gasteiger partial charge in [0, 0.05) is 5.69 Å². The summed E-state index contributed by atoms with van der Waals surface area (Å²) in [6.45, 7) is 0. The van der Waals surface area contributed by atoms with Crippen molar-refractivity contribution in [1.82, 2.24) is 0 Å². The molecule has 0 spiro atoms. The molecular formula is C10H16N2. The molecule has 0 aromatic heterocycles. The lowest BCUT2D eigenvalue weighted by Crippen LogP contribution is -1.87. The highest BCUT2D eigenvalue weighted by molar-refractivity contribution is 5.46. The molecule has 1 aliphatic rings. The van der Waals surface area contributed by atoms with Gasteiger partial charge in [-0.2, -0.15) is 0 Å². The first-order chi connectivity index (χ1) is 5.86. The molecule has 0 aliphatic heterocycles. The summed E-state index contributed by atoms with van der Waals surface area (Å²) >= 11 is 0. The average molecular weight is 164 g/mol. The van der Waals surface area contributed by atoms with Crippen LogP contribution in [0, 0.1) is 0 Å². The Bertz CT molecular complexity index is 256. The highest BCUT2D eigenvalue weighted by Crippen LogP contribution is 2.23. The lowest BCUT2D eigenvalue weighted by molar-refractivity contribution is 0.912. The maximum absolute atomic E-state index is 5.63. The summed E-state index contributed by atoms with van der Waals surface area (Å²) in [6, 6.07) is 6.24. The summed E-state index contributed by atoms with van der Waals surface area (Å²) in [4.78, 5) is 0. The van der Waals surface area contributed by atoms with Crippen LogP contribution in [0.4, 0.5) is 5.69 Å². The standard InChI is InChI=1S/C9H11N.CH5N/c10-9-5-4-7-2-1-3-8(7)6-9;1-2/h4-6H,1-3,10H2;2H2,1H3. The highest BCUT2D eigenvalue weighted by Gasteiger charge is 2.09. The second kappa shape index (κ2) is 4.12. The van der Waals surface area contributed by atoms with E-state index in [4.69, 9.17) is 5.73 Å². The largest absolute Gasteiger partial charge is 0.399 e. The number of nitrogens with two attached hydrogens (primary N) is 2. The maximum Gasteiger partial charge on any atom is 0.0316 e. The highest BCUT2D eigenvalue weighted by atomic mass is 14.5. The van der Waals surface area contributed by atoms with Gasteiger partial charge in [0.2, 0.25) is 0 Å². The van der Waals surface area contributed by atoms with E-state index in [0.717, 1.165) is 5.69 Å². The lowest BCUT2D eigenvalue weighted by Gasteiger charge is -1.98. The first-order valence-corrected chi connectivity index (χ1v) is 4.31. The van der Waals surface area contributed by atoms with E-state index in [1.807, 2.05) is 6.07 Å². The Hall–Kier alpha value is -1.02. The molecule has 2 heteroatoms. The van der Waals surface area contributed by atoms with E-state index in [9.17, 15) is 0 Å². The van der Waals surface area contributed by atoms with E-state index in [2.05, 4.69) is 17.9 Å². The molecule has 0 heterocycles. The fourth-order valence-electron chi connectivity index (χ4n) is 1.59. The van der Waals surface area contributed by atoms with Gasteiger partial charge in [0.15, 0.2) is 0 Å².